The summed E-state index contributed by atoms with van der Waals surface area (Å²) in [6.07, 6.45) is 3.99. The van der Waals surface area contributed by atoms with Gasteiger partial charge in [-0.05, 0) is 60.8 Å². The number of anilines is 1. The standard InChI is InChI=1S/C25H27N3O4S2/c29-23(30)14-18-6-8-20(9-7-18)21-10-12-22(13-11-21)24(31)28(25-27-26-16-33-25)17-34(32)15-19-4-2-1-3-5-19/h1-5,10-13,16,18,20H,6-9,14-15,17H2,(H,29,30). The number of carbonyl (C=O) groups is 2. The van der Waals surface area contributed by atoms with E-state index in [-0.39, 0.29) is 24.1 Å². The van der Waals surface area contributed by atoms with Crippen molar-refractivity contribution in [3.63, 3.8) is 0 Å². The van der Waals surface area contributed by atoms with Crippen LogP contribution in [0.25, 0.3) is 0 Å². The summed E-state index contributed by atoms with van der Waals surface area (Å²) in [5.41, 5.74) is 4.18. The molecular formula is C25H27N3O4S2. The highest BCUT2D eigenvalue weighted by Crippen LogP contribution is 2.37. The van der Waals surface area contributed by atoms with Crippen LogP contribution in [0.5, 0.6) is 0 Å². The van der Waals surface area contributed by atoms with Crippen LogP contribution in [0.2, 0.25) is 0 Å². The van der Waals surface area contributed by atoms with Gasteiger partial charge in [0.15, 0.2) is 0 Å². The second kappa shape index (κ2) is 11.5. The van der Waals surface area contributed by atoms with Gasteiger partial charge in [-0.2, -0.15) is 0 Å². The first-order valence-electron chi connectivity index (χ1n) is 11.3. The number of carboxylic acid groups (broad SMARTS) is 1. The minimum absolute atomic E-state index is 0.0399. The normalized spacial score (nSPS) is 18.8. The molecule has 1 aromatic heterocycles. The van der Waals surface area contributed by atoms with Crippen LogP contribution in [-0.4, -0.2) is 37.3 Å². The van der Waals surface area contributed by atoms with Crippen molar-refractivity contribution in [1.29, 1.82) is 0 Å². The molecular weight excluding hydrogens is 470 g/mol. The fourth-order valence-corrected chi connectivity index (χ4v) is 6.26. The third kappa shape index (κ3) is 6.36. The highest BCUT2D eigenvalue weighted by molar-refractivity contribution is 7.84. The number of hydrogen-bond donors (Lipinski definition) is 1. The predicted molar refractivity (Wildman–Crippen MR) is 133 cm³/mol. The molecule has 0 aliphatic heterocycles. The Morgan fingerprint density at radius 2 is 1.74 bits per heavy atom. The summed E-state index contributed by atoms with van der Waals surface area (Å²) < 4.78 is 12.8. The fraction of sp³-hybridized carbons (Fsp3) is 0.360. The van der Waals surface area contributed by atoms with E-state index in [1.807, 2.05) is 54.6 Å². The van der Waals surface area contributed by atoms with E-state index in [2.05, 4.69) is 10.2 Å². The van der Waals surface area contributed by atoms with Crippen LogP contribution in [0, 0.1) is 5.92 Å². The molecule has 1 aliphatic rings. The van der Waals surface area contributed by atoms with E-state index in [0.29, 0.717) is 22.4 Å². The van der Waals surface area contributed by atoms with E-state index in [4.69, 9.17) is 5.11 Å². The lowest BCUT2D eigenvalue weighted by molar-refractivity contribution is -0.138. The third-order valence-corrected chi connectivity index (χ3v) is 8.12. The van der Waals surface area contributed by atoms with Crippen molar-refractivity contribution < 1.29 is 18.9 Å². The van der Waals surface area contributed by atoms with Crippen LogP contribution in [0.4, 0.5) is 5.13 Å². The van der Waals surface area contributed by atoms with Gasteiger partial charge in [0.05, 0.1) is 5.75 Å². The molecule has 1 amide bonds. The van der Waals surface area contributed by atoms with E-state index in [1.54, 1.807) is 5.51 Å². The lowest BCUT2D eigenvalue weighted by atomic mass is 9.77. The van der Waals surface area contributed by atoms with Crippen LogP contribution in [0.15, 0.2) is 60.1 Å². The molecule has 1 atom stereocenters. The van der Waals surface area contributed by atoms with Gasteiger partial charge in [0.2, 0.25) is 5.13 Å². The number of carboxylic acids is 1. The topological polar surface area (TPSA) is 100 Å². The van der Waals surface area contributed by atoms with E-state index < -0.39 is 16.8 Å². The Hall–Kier alpha value is -2.91. The van der Waals surface area contributed by atoms with Gasteiger partial charge in [0.1, 0.15) is 11.4 Å². The SMILES string of the molecule is O=C(O)CC1CCC(c2ccc(C(=O)N(CS(=O)Cc3ccccc3)c3nncs3)cc2)CC1. The van der Waals surface area contributed by atoms with Gasteiger partial charge < -0.3 is 5.11 Å². The number of nitrogens with zero attached hydrogens (tertiary/aromatic N) is 3. The largest absolute Gasteiger partial charge is 0.481 e. The van der Waals surface area contributed by atoms with Crippen LogP contribution in [0.3, 0.4) is 0 Å². The quantitative estimate of drug-likeness (QED) is 0.454. The lowest BCUT2D eigenvalue weighted by Crippen LogP contribution is -2.34. The fourth-order valence-electron chi connectivity index (χ4n) is 4.44. The van der Waals surface area contributed by atoms with Gasteiger partial charge >= 0.3 is 5.97 Å². The molecule has 0 spiro atoms. The van der Waals surface area contributed by atoms with Crippen LogP contribution in [-0.2, 0) is 21.3 Å². The Labute approximate surface area is 205 Å². The van der Waals surface area contributed by atoms with Crippen molar-refractivity contribution in [3.05, 3.63) is 76.8 Å². The minimum Gasteiger partial charge on any atom is -0.481 e. The number of amides is 1. The summed E-state index contributed by atoms with van der Waals surface area (Å²) in [4.78, 5) is 25.7. The molecule has 1 aliphatic carbocycles. The molecule has 178 valence electrons. The summed E-state index contributed by atoms with van der Waals surface area (Å²) in [6, 6.07) is 17.1. The van der Waals surface area contributed by atoms with E-state index in [9.17, 15) is 13.8 Å². The van der Waals surface area contributed by atoms with E-state index in [1.165, 1.54) is 21.8 Å². The summed E-state index contributed by atoms with van der Waals surface area (Å²) >= 11 is 1.24. The predicted octanol–water partition coefficient (Wildman–Crippen LogP) is 4.84. The molecule has 4 rings (SSSR count). The van der Waals surface area contributed by atoms with Crippen molar-refractivity contribution >= 4 is 39.1 Å². The smallest absolute Gasteiger partial charge is 0.303 e. The van der Waals surface area contributed by atoms with Crippen molar-refractivity contribution in [2.45, 2.75) is 43.8 Å². The molecule has 9 heteroatoms. The zero-order chi connectivity index (χ0) is 23.9. The Morgan fingerprint density at radius 3 is 2.35 bits per heavy atom. The van der Waals surface area contributed by atoms with Crippen LogP contribution < -0.4 is 4.90 Å². The monoisotopic (exact) mass is 497 g/mol. The summed E-state index contributed by atoms with van der Waals surface area (Å²) in [6.45, 7) is 0. The molecule has 0 radical (unpaired) electrons. The molecule has 1 heterocycles. The minimum atomic E-state index is -1.29. The summed E-state index contributed by atoms with van der Waals surface area (Å²) in [7, 11) is -1.29. The van der Waals surface area contributed by atoms with Gasteiger partial charge in [0, 0.05) is 22.8 Å². The average molecular weight is 498 g/mol. The maximum Gasteiger partial charge on any atom is 0.303 e. The maximum absolute atomic E-state index is 13.3. The zero-order valence-electron chi connectivity index (χ0n) is 18.7. The molecule has 0 bridgehead atoms. The highest BCUT2D eigenvalue weighted by atomic mass is 32.2. The Balaban J connectivity index is 1.42. The Bertz CT molecular complexity index is 1110. The summed E-state index contributed by atoms with van der Waals surface area (Å²) in [5, 5.41) is 17.3. The number of carbonyl (C=O) groups excluding carboxylic acids is 1. The zero-order valence-corrected chi connectivity index (χ0v) is 20.3. The number of rotatable bonds is 9. The second-order valence-electron chi connectivity index (χ2n) is 8.59. The number of aromatic nitrogens is 2. The van der Waals surface area contributed by atoms with Crippen LogP contribution in [0.1, 0.15) is 59.5 Å². The molecule has 2 aromatic carbocycles. The van der Waals surface area contributed by atoms with Crippen molar-refractivity contribution in [2.75, 3.05) is 10.8 Å². The van der Waals surface area contributed by atoms with Gasteiger partial charge in [-0.15, -0.1) is 10.2 Å². The second-order valence-corrected chi connectivity index (χ2v) is 10.8. The first kappa shape index (κ1) is 24.2. The number of aliphatic carboxylic acids is 1. The Morgan fingerprint density at radius 1 is 1.03 bits per heavy atom. The van der Waals surface area contributed by atoms with Gasteiger partial charge in [-0.25, -0.2) is 0 Å². The first-order chi connectivity index (χ1) is 16.5. The van der Waals surface area contributed by atoms with Crippen LogP contribution >= 0.6 is 11.3 Å². The first-order valence-corrected chi connectivity index (χ1v) is 13.6. The van der Waals surface area contributed by atoms with E-state index in [0.717, 1.165) is 31.2 Å². The van der Waals surface area contributed by atoms with Crippen molar-refractivity contribution in [2.24, 2.45) is 5.92 Å². The maximum atomic E-state index is 13.3. The van der Waals surface area contributed by atoms with Crippen molar-refractivity contribution in [3.8, 4) is 0 Å². The number of hydrogen-bond acceptors (Lipinski definition) is 6. The molecule has 1 saturated carbocycles. The molecule has 7 nitrogen and oxygen atoms in total. The Kier molecular flexibility index (Phi) is 8.18. The van der Waals surface area contributed by atoms with Gasteiger partial charge in [-0.3, -0.25) is 18.7 Å². The highest BCUT2D eigenvalue weighted by Gasteiger charge is 2.26. The average Bonchev–Trinajstić information content (AvgIpc) is 3.38. The van der Waals surface area contributed by atoms with Gasteiger partial charge in [0.25, 0.3) is 5.91 Å². The molecule has 34 heavy (non-hydrogen) atoms. The molecule has 1 fully saturated rings. The third-order valence-electron chi connectivity index (χ3n) is 6.21. The lowest BCUT2D eigenvalue weighted by Gasteiger charge is -2.28. The van der Waals surface area contributed by atoms with E-state index >= 15 is 0 Å². The van der Waals surface area contributed by atoms with Crippen molar-refractivity contribution in [1.82, 2.24) is 10.2 Å². The van der Waals surface area contributed by atoms with Gasteiger partial charge in [-0.1, -0.05) is 53.8 Å². The molecule has 0 saturated heterocycles. The summed E-state index contributed by atoms with van der Waals surface area (Å²) in [5.74, 6) is 0.0510. The molecule has 1 N–H and O–H groups in total. The molecule has 1 unspecified atom stereocenters. The number of benzene rings is 2. The molecule has 3 aromatic rings.